The van der Waals surface area contributed by atoms with Crippen LogP contribution in [0.25, 0.3) is 11.1 Å². The van der Waals surface area contributed by atoms with Crippen molar-refractivity contribution in [2.75, 3.05) is 27.8 Å². The first-order chi connectivity index (χ1) is 17.8. The summed E-state index contributed by atoms with van der Waals surface area (Å²) in [5.74, 6) is -1.13. The number of aryl methyl sites for hydroxylation is 1. The number of nitrogens with one attached hydrogen (secondary N) is 1. The van der Waals surface area contributed by atoms with Crippen molar-refractivity contribution in [2.45, 2.75) is 20.0 Å². The zero-order valence-corrected chi connectivity index (χ0v) is 21.1. The van der Waals surface area contributed by atoms with Gasteiger partial charge in [0.25, 0.3) is 11.8 Å². The lowest BCUT2D eigenvalue weighted by Crippen LogP contribution is -2.34. The quantitative estimate of drug-likeness (QED) is 0.570. The van der Waals surface area contributed by atoms with Crippen molar-refractivity contribution in [1.82, 2.24) is 10.4 Å². The zero-order chi connectivity index (χ0) is 26.5. The monoisotopic (exact) mass is 505 g/mol. The summed E-state index contributed by atoms with van der Waals surface area (Å²) in [6.45, 7) is 2.20. The molecule has 0 aromatic heterocycles. The van der Waals surface area contributed by atoms with Crippen molar-refractivity contribution in [1.29, 1.82) is 0 Å². The fourth-order valence-electron chi connectivity index (χ4n) is 4.13. The average molecular weight is 506 g/mol. The van der Waals surface area contributed by atoms with Crippen LogP contribution in [0.5, 0.6) is 0 Å². The number of hydrogen-bond acceptors (Lipinski definition) is 7. The van der Waals surface area contributed by atoms with E-state index in [0.717, 1.165) is 32.7 Å². The molecule has 8 nitrogen and oxygen atoms in total. The van der Waals surface area contributed by atoms with Crippen molar-refractivity contribution in [2.24, 2.45) is 4.99 Å². The first-order valence-corrected chi connectivity index (χ1v) is 11.6. The Labute approximate surface area is 214 Å². The molecule has 1 aliphatic carbocycles. The van der Waals surface area contributed by atoms with Gasteiger partial charge in [0.15, 0.2) is 5.82 Å². The largest absolute Gasteiger partial charge is 0.468 e. The minimum Gasteiger partial charge on any atom is -0.468 e. The van der Waals surface area contributed by atoms with E-state index in [1.165, 1.54) is 20.2 Å². The molecule has 4 rings (SSSR count). The summed E-state index contributed by atoms with van der Waals surface area (Å²) in [7, 11) is 4.28. The van der Waals surface area contributed by atoms with Crippen LogP contribution in [0.15, 0.2) is 82.4 Å². The topological polar surface area (TPSA) is 89.5 Å². The maximum Gasteiger partial charge on any atom is 0.325 e. The van der Waals surface area contributed by atoms with Gasteiger partial charge in [0.1, 0.15) is 12.4 Å². The first kappa shape index (κ1) is 25.8. The number of esters is 1. The van der Waals surface area contributed by atoms with Gasteiger partial charge >= 0.3 is 5.97 Å². The highest BCUT2D eigenvalue weighted by Crippen LogP contribution is 2.31. The van der Waals surface area contributed by atoms with Gasteiger partial charge in [0.2, 0.25) is 0 Å². The molecular formula is C28H28FN3O5. The number of halogens is 1. The maximum atomic E-state index is 14.9. The molecule has 1 N–H and O–H groups in total. The van der Waals surface area contributed by atoms with Crippen LogP contribution in [-0.4, -0.2) is 50.5 Å². The summed E-state index contributed by atoms with van der Waals surface area (Å²) in [5, 5.41) is 0. The molecule has 9 heteroatoms. The molecule has 2 aromatic carbocycles. The van der Waals surface area contributed by atoms with Crippen LogP contribution in [0.3, 0.4) is 0 Å². The van der Waals surface area contributed by atoms with E-state index < -0.39 is 17.7 Å². The van der Waals surface area contributed by atoms with Crippen molar-refractivity contribution >= 4 is 17.8 Å². The molecule has 192 valence electrons. The zero-order valence-electron chi connectivity index (χ0n) is 21.1. The Kier molecular flexibility index (Phi) is 7.83. The molecular weight excluding hydrogens is 477 g/mol. The van der Waals surface area contributed by atoms with Crippen LogP contribution in [-0.2, 0) is 30.5 Å². The van der Waals surface area contributed by atoms with Crippen LogP contribution in [0, 0.1) is 6.92 Å². The van der Waals surface area contributed by atoms with Gasteiger partial charge in [-0.1, -0.05) is 36.4 Å². The number of carbonyl (C=O) groups excluding carboxylic acids is 2. The van der Waals surface area contributed by atoms with Gasteiger partial charge in [-0.05, 0) is 47.4 Å². The normalized spacial score (nSPS) is 16.7. The fourth-order valence-corrected chi connectivity index (χ4v) is 4.13. The number of amides is 1. The van der Waals surface area contributed by atoms with Crippen molar-refractivity contribution in [3.63, 3.8) is 0 Å². The second-order valence-corrected chi connectivity index (χ2v) is 8.68. The number of hydrogen-bond donors (Lipinski definition) is 1. The third kappa shape index (κ3) is 5.62. The number of aliphatic imine (C=N–C) groups is 1. The number of hydroxylamine groups is 1. The summed E-state index contributed by atoms with van der Waals surface area (Å²) in [6, 6.07) is 14.0. The summed E-state index contributed by atoms with van der Waals surface area (Å²) in [5.41, 5.74) is 8.21. The molecule has 1 heterocycles. The molecule has 2 aliphatic rings. The lowest BCUT2D eigenvalue weighted by molar-refractivity contribution is -0.145. The Hall–Kier alpha value is -4.24. The van der Waals surface area contributed by atoms with Gasteiger partial charge in [0, 0.05) is 31.7 Å². The van der Waals surface area contributed by atoms with Crippen LogP contribution in [0.4, 0.5) is 4.39 Å². The molecule has 0 unspecified atom stereocenters. The smallest absolute Gasteiger partial charge is 0.325 e. The number of methoxy groups -OCH3 is 2. The van der Waals surface area contributed by atoms with E-state index >= 15 is 0 Å². The lowest BCUT2D eigenvalue weighted by Gasteiger charge is -2.19. The SMILES string of the molecule is COCc1cc(C2=NC(=C3C=CC(C(=O)N(C)CC(=O)OC)=C(F)C3)NO2)ccc1-c1ccccc1C. The number of benzene rings is 2. The average Bonchev–Trinajstić information content (AvgIpc) is 3.39. The molecule has 37 heavy (non-hydrogen) atoms. The van der Waals surface area contributed by atoms with Gasteiger partial charge in [0.05, 0.1) is 19.3 Å². The van der Waals surface area contributed by atoms with Crippen molar-refractivity contribution in [3.05, 3.63) is 94.1 Å². The highest BCUT2D eigenvalue weighted by Gasteiger charge is 2.26. The Balaban J connectivity index is 1.57. The summed E-state index contributed by atoms with van der Waals surface area (Å²) in [6.07, 6.45) is 2.84. The van der Waals surface area contributed by atoms with Gasteiger partial charge in [-0.2, -0.15) is 4.99 Å². The molecule has 0 fully saturated rings. The molecule has 0 saturated carbocycles. The number of allylic oxidation sites excluding steroid dienone is 3. The lowest BCUT2D eigenvalue weighted by atomic mass is 9.94. The van der Waals surface area contributed by atoms with E-state index in [-0.39, 0.29) is 18.5 Å². The van der Waals surface area contributed by atoms with E-state index in [1.54, 1.807) is 13.2 Å². The number of rotatable bonds is 7. The predicted molar refractivity (Wildman–Crippen MR) is 137 cm³/mol. The van der Waals surface area contributed by atoms with Crippen LogP contribution in [0.1, 0.15) is 23.1 Å². The molecule has 0 bridgehead atoms. The highest BCUT2D eigenvalue weighted by atomic mass is 19.1. The van der Waals surface area contributed by atoms with Crippen LogP contribution >= 0.6 is 0 Å². The van der Waals surface area contributed by atoms with E-state index in [9.17, 15) is 14.0 Å². The van der Waals surface area contributed by atoms with Gasteiger partial charge < -0.3 is 19.2 Å². The Bertz CT molecular complexity index is 1360. The molecule has 0 saturated heterocycles. The number of likely N-dealkylation sites (N-methyl/N-ethyl adjacent to an activating group) is 1. The molecule has 0 radical (unpaired) electrons. The summed E-state index contributed by atoms with van der Waals surface area (Å²) >= 11 is 0. The van der Waals surface area contributed by atoms with Crippen LogP contribution in [0.2, 0.25) is 0 Å². The highest BCUT2D eigenvalue weighted by molar-refractivity contribution is 5.99. The second-order valence-electron chi connectivity index (χ2n) is 8.68. The third-order valence-corrected chi connectivity index (χ3v) is 6.11. The van der Waals surface area contributed by atoms with E-state index in [1.807, 2.05) is 30.3 Å². The molecule has 2 aromatic rings. The van der Waals surface area contributed by atoms with E-state index in [0.29, 0.717) is 23.9 Å². The fraction of sp³-hybridized carbons (Fsp3) is 0.250. The van der Waals surface area contributed by atoms with Crippen LogP contribution < -0.4 is 5.48 Å². The number of nitrogens with zero attached hydrogens (tertiary/aromatic N) is 2. The Morgan fingerprint density at radius 2 is 1.92 bits per heavy atom. The maximum absolute atomic E-state index is 14.9. The predicted octanol–water partition coefficient (Wildman–Crippen LogP) is 4.12. The standard InChI is InChI=1S/C28H28FN3O5/c1-17-7-5-6-8-21(17)22-11-10-19(13-20(22)16-35-3)27-30-26(31-37-27)18-9-12-23(24(29)14-18)28(34)32(2)15-25(33)36-4/h5-13,31H,14-16H2,1-4H3. The second kappa shape index (κ2) is 11.2. The first-order valence-electron chi connectivity index (χ1n) is 11.6. The Morgan fingerprint density at radius 3 is 2.62 bits per heavy atom. The molecule has 1 amide bonds. The summed E-state index contributed by atoms with van der Waals surface area (Å²) < 4.78 is 24.9. The molecule has 0 atom stereocenters. The summed E-state index contributed by atoms with van der Waals surface area (Å²) in [4.78, 5) is 35.2. The van der Waals surface area contributed by atoms with E-state index in [4.69, 9.17) is 9.57 Å². The number of carbonyl (C=O) groups is 2. The minimum atomic E-state index is -0.623. The number of ether oxygens (including phenoxy) is 2. The molecule has 0 spiro atoms. The van der Waals surface area contributed by atoms with Crippen molar-refractivity contribution < 1.29 is 28.3 Å². The van der Waals surface area contributed by atoms with Crippen molar-refractivity contribution in [3.8, 4) is 11.1 Å². The van der Waals surface area contributed by atoms with Gasteiger partial charge in [-0.3, -0.25) is 9.59 Å². The van der Waals surface area contributed by atoms with Gasteiger partial charge in [-0.25, -0.2) is 9.87 Å². The third-order valence-electron chi connectivity index (χ3n) is 6.11. The molecule has 1 aliphatic heterocycles. The van der Waals surface area contributed by atoms with E-state index in [2.05, 4.69) is 34.3 Å². The minimum absolute atomic E-state index is 0.116. The van der Waals surface area contributed by atoms with Gasteiger partial charge in [-0.15, -0.1) is 0 Å². The Morgan fingerprint density at radius 1 is 1.14 bits per heavy atom.